The average molecular weight is 283 g/mol. The van der Waals surface area contributed by atoms with Gasteiger partial charge in [-0.1, -0.05) is 54.6 Å². The predicted molar refractivity (Wildman–Crippen MR) is 83.1 cm³/mol. The van der Waals surface area contributed by atoms with Gasteiger partial charge in [0.15, 0.2) is 0 Å². The smallest absolute Gasteiger partial charge is 0.207 e. The summed E-state index contributed by atoms with van der Waals surface area (Å²) in [5.74, 6) is -2.53. The summed E-state index contributed by atoms with van der Waals surface area (Å²) < 4.78 is 26.3. The van der Waals surface area contributed by atoms with Crippen LogP contribution in [0, 0.1) is 6.92 Å². The summed E-state index contributed by atoms with van der Waals surface area (Å²) in [5, 5.41) is 0. The molecule has 0 saturated heterocycles. The molecule has 2 heteroatoms. The standard InChI is InChI=1S/C19H17F2/c1-14-3-2-4-18(13-14)16-7-5-15(6-8-16)17-9-11-19(20,21)12-10-17/h2-9,13H,1,10-12H2. The fourth-order valence-corrected chi connectivity index (χ4v) is 2.68. The summed E-state index contributed by atoms with van der Waals surface area (Å²) in [6.07, 6.45) is 1.92. The first-order chi connectivity index (χ1) is 10.0. The highest BCUT2D eigenvalue weighted by molar-refractivity contribution is 5.71. The molecule has 21 heavy (non-hydrogen) atoms. The largest absolute Gasteiger partial charge is 0.251 e. The van der Waals surface area contributed by atoms with Crippen molar-refractivity contribution in [2.75, 3.05) is 0 Å². The maximum Gasteiger partial charge on any atom is 0.251 e. The van der Waals surface area contributed by atoms with Gasteiger partial charge in [-0.3, -0.25) is 0 Å². The highest BCUT2D eigenvalue weighted by Gasteiger charge is 2.30. The van der Waals surface area contributed by atoms with E-state index in [1.54, 1.807) is 6.08 Å². The third-order valence-corrected chi connectivity index (χ3v) is 3.92. The molecule has 0 atom stereocenters. The summed E-state index contributed by atoms with van der Waals surface area (Å²) in [5.41, 5.74) is 5.29. The topological polar surface area (TPSA) is 0 Å². The number of hydrogen-bond acceptors (Lipinski definition) is 0. The van der Waals surface area contributed by atoms with Crippen LogP contribution in [0.3, 0.4) is 0 Å². The van der Waals surface area contributed by atoms with Crippen LogP contribution in [0.2, 0.25) is 0 Å². The number of halogens is 2. The minimum atomic E-state index is -2.53. The number of hydrogen-bond donors (Lipinski definition) is 0. The van der Waals surface area contributed by atoms with Crippen LogP contribution in [0.25, 0.3) is 16.7 Å². The number of rotatable bonds is 2. The molecule has 0 N–H and O–H groups in total. The lowest BCUT2D eigenvalue weighted by molar-refractivity contribution is -0.00602. The van der Waals surface area contributed by atoms with Gasteiger partial charge in [-0.15, -0.1) is 0 Å². The molecule has 0 aromatic heterocycles. The van der Waals surface area contributed by atoms with Crippen LogP contribution >= 0.6 is 0 Å². The Morgan fingerprint density at radius 1 is 0.905 bits per heavy atom. The van der Waals surface area contributed by atoms with E-state index in [9.17, 15) is 8.78 Å². The summed E-state index contributed by atoms with van der Waals surface area (Å²) in [4.78, 5) is 0. The van der Waals surface area contributed by atoms with Crippen LogP contribution in [-0.4, -0.2) is 5.92 Å². The third kappa shape index (κ3) is 3.21. The first-order valence-electron chi connectivity index (χ1n) is 7.13. The van der Waals surface area contributed by atoms with Gasteiger partial charge in [-0.2, -0.15) is 0 Å². The Bertz CT molecular complexity index is 666. The molecule has 1 radical (unpaired) electrons. The van der Waals surface area contributed by atoms with Gasteiger partial charge in [-0.05, 0) is 41.2 Å². The first-order valence-corrected chi connectivity index (χ1v) is 7.13. The molecule has 2 aromatic carbocycles. The molecule has 0 bridgehead atoms. The Morgan fingerprint density at radius 2 is 1.62 bits per heavy atom. The van der Waals surface area contributed by atoms with Crippen molar-refractivity contribution < 1.29 is 8.78 Å². The van der Waals surface area contributed by atoms with E-state index in [4.69, 9.17) is 0 Å². The van der Waals surface area contributed by atoms with Crippen LogP contribution in [0.5, 0.6) is 0 Å². The molecule has 0 spiro atoms. The number of allylic oxidation sites excluding steroid dienone is 2. The molecule has 0 nitrogen and oxygen atoms in total. The Kier molecular flexibility index (Phi) is 3.62. The second kappa shape index (κ2) is 5.44. The molecule has 107 valence electrons. The molecule has 0 heterocycles. The normalized spacial score (nSPS) is 17.4. The van der Waals surface area contributed by atoms with E-state index in [1.165, 1.54) is 0 Å². The lowest BCUT2D eigenvalue weighted by Crippen LogP contribution is -2.18. The fourth-order valence-electron chi connectivity index (χ4n) is 2.68. The zero-order valence-electron chi connectivity index (χ0n) is 11.8. The summed E-state index contributed by atoms with van der Waals surface area (Å²) in [7, 11) is 0. The van der Waals surface area contributed by atoms with Crippen molar-refractivity contribution in [3.05, 3.63) is 72.7 Å². The molecule has 3 rings (SSSR count). The minimum Gasteiger partial charge on any atom is -0.207 e. The molecule has 0 amide bonds. The zero-order chi connectivity index (χ0) is 14.9. The van der Waals surface area contributed by atoms with Gasteiger partial charge in [0.05, 0.1) is 0 Å². The van der Waals surface area contributed by atoms with Crippen LogP contribution < -0.4 is 0 Å². The van der Waals surface area contributed by atoms with E-state index in [1.807, 2.05) is 48.5 Å². The van der Waals surface area contributed by atoms with Gasteiger partial charge >= 0.3 is 0 Å². The first kappa shape index (κ1) is 14.0. The molecule has 1 aliphatic rings. The van der Waals surface area contributed by atoms with Crippen LogP contribution in [-0.2, 0) is 0 Å². The molecule has 0 aliphatic heterocycles. The highest BCUT2D eigenvalue weighted by atomic mass is 19.3. The quantitative estimate of drug-likeness (QED) is 0.659. The van der Waals surface area contributed by atoms with Crippen molar-refractivity contribution in [1.29, 1.82) is 0 Å². The molecule has 1 aliphatic carbocycles. The van der Waals surface area contributed by atoms with Crippen molar-refractivity contribution >= 4 is 5.57 Å². The predicted octanol–water partition coefficient (Wildman–Crippen LogP) is 5.74. The summed E-state index contributed by atoms with van der Waals surface area (Å²) >= 11 is 0. The van der Waals surface area contributed by atoms with E-state index in [0.29, 0.717) is 6.42 Å². The van der Waals surface area contributed by atoms with Crippen molar-refractivity contribution in [1.82, 2.24) is 0 Å². The fraction of sp³-hybridized carbons (Fsp3) is 0.211. The monoisotopic (exact) mass is 283 g/mol. The molecular weight excluding hydrogens is 266 g/mol. The molecule has 2 aromatic rings. The Labute approximate surface area is 124 Å². The van der Waals surface area contributed by atoms with E-state index in [-0.39, 0.29) is 12.8 Å². The van der Waals surface area contributed by atoms with Crippen molar-refractivity contribution in [3.8, 4) is 11.1 Å². The van der Waals surface area contributed by atoms with Crippen LogP contribution in [0.4, 0.5) is 8.78 Å². The molecule has 0 fully saturated rings. The lowest BCUT2D eigenvalue weighted by Gasteiger charge is -2.21. The Morgan fingerprint density at radius 3 is 2.24 bits per heavy atom. The van der Waals surface area contributed by atoms with Gasteiger partial charge in [0.25, 0.3) is 5.92 Å². The van der Waals surface area contributed by atoms with E-state index in [2.05, 4.69) is 6.92 Å². The van der Waals surface area contributed by atoms with Gasteiger partial charge in [0, 0.05) is 12.8 Å². The van der Waals surface area contributed by atoms with E-state index in [0.717, 1.165) is 27.8 Å². The Balaban J connectivity index is 1.83. The van der Waals surface area contributed by atoms with Crippen molar-refractivity contribution in [2.24, 2.45) is 0 Å². The summed E-state index contributed by atoms with van der Waals surface area (Å²) in [6, 6.07) is 16.1. The maximum absolute atomic E-state index is 13.2. The van der Waals surface area contributed by atoms with Crippen LogP contribution in [0.1, 0.15) is 30.4 Å². The van der Waals surface area contributed by atoms with Crippen molar-refractivity contribution in [2.45, 2.75) is 25.2 Å². The number of alkyl halides is 2. The van der Waals surface area contributed by atoms with Gasteiger partial charge in [0.2, 0.25) is 0 Å². The SMILES string of the molecule is [CH2]c1cccc(-c2ccc(C3=CCC(F)(F)CC3)cc2)c1. The number of benzene rings is 2. The second-order valence-electron chi connectivity index (χ2n) is 5.57. The van der Waals surface area contributed by atoms with Gasteiger partial charge in [-0.25, -0.2) is 8.78 Å². The minimum absolute atomic E-state index is 0.0515. The molecule has 0 unspecified atom stereocenters. The maximum atomic E-state index is 13.2. The van der Waals surface area contributed by atoms with Gasteiger partial charge in [0.1, 0.15) is 0 Å². The average Bonchev–Trinajstić information content (AvgIpc) is 2.47. The molecular formula is C19H17F2. The highest BCUT2D eigenvalue weighted by Crippen LogP contribution is 2.36. The third-order valence-electron chi connectivity index (χ3n) is 3.92. The van der Waals surface area contributed by atoms with E-state index < -0.39 is 5.92 Å². The van der Waals surface area contributed by atoms with E-state index >= 15 is 0 Å². The molecule has 0 saturated carbocycles. The summed E-state index contributed by atoms with van der Waals surface area (Å²) in [6.45, 7) is 3.93. The van der Waals surface area contributed by atoms with Crippen LogP contribution in [0.15, 0.2) is 54.6 Å². The van der Waals surface area contributed by atoms with Gasteiger partial charge < -0.3 is 0 Å². The van der Waals surface area contributed by atoms with Crippen molar-refractivity contribution in [3.63, 3.8) is 0 Å². The lowest BCUT2D eigenvalue weighted by atomic mass is 9.90. The zero-order valence-corrected chi connectivity index (χ0v) is 11.8. The second-order valence-corrected chi connectivity index (χ2v) is 5.57. The Hall–Kier alpha value is -1.96.